The van der Waals surface area contributed by atoms with Crippen LogP contribution in [0.15, 0.2) is 24.3 Å². The number of phenolic OH excluding ortho intramolecular Hbond substituents is 1. The van der Waals surface area contributed by atoms with Crippen molar-refractivity contribution in [2.45, 2.75) is 121 Å². The number of hydrogen-bond acceptors (Lipinski definition) is 15. The highest BCUT2D eigenvalue weighted by Crippen LogP contribution is 2.24. The van der Waals surface area contributed by atoms with Crippen LogP contribution in [-0.4, -0.2) is 148 Å². The van der Waals surface area contributed by atoms with Gasteiger partial charge in [0.25, 0.3) is 0 Å². The summed E-state index contributed by atoms with van der Waals surface area (Å²) in [6.45, 7) is 7.84. The minimum absolute atomic E-state index is 0.0505. The molecule has 11 amide bonds. The molecular formula is C42H66N12O12S2. The van der Waals surface area contributed by atoms with E-state index in [2.05, 4.69) is 37.2 Å². The standard InChI is InChI=1S/C42H66N12O12S2/c1-7-21(4)34-41(65)48-26(12-13-31(44)56)38(62)51-29(16-32(45)57)39(63)52-30(42(66)54(6)22(5)35(59)49-27(14-20(2)3)37(61)47-17-33(46)58)19-68-67-18-25(43)36(60)50-28(40(64)53-34)15-23-8-10-24(55)11-9-23/h8-11,20-22,25-30,34,55H,7,12-19,43H2,1-6H3,(H2,44,56)(H2,45,57)(H2,46,58)(H,47,61)(H,48,65)(H,49,59)(H,50,60)(H,51,62)(H,52,63)(H,53,64)/t21-,22-,25+,26+,27-,28+,29-,30-,34-/m0/s1. The van der Waals surface area contributed by atoms with Crippen molar-refractivity contribution in [2.75, 3.05) is 25.1 Å². The van der Waals surface area contributed by atoms with Crippen LogP contribution in [0.4, 0.5) is 0 Å². The van der Waals surface area contributed by atoms with E-state index in [4.69, 9.17) is 22.9 Å². The van der Waals surface area contributed by atoms with Crippen molar-refractivity contribution in [3.63, 3.8) is 0 Å². The molecule has 24 nitrogen and oxygen atoms in total. The molecule has 0 unspecified atom stereocenters. The Hall–Kier alpha value is -6.15. The van der Waals surface area contributed by atoms with E-state index in [0.29, 0.717) is 12.0 Å². The Balaban J connectivity index is 2.62. The van der Waals surface area contributed by atoms with Crippen molar-refractivity contribution in [1.29, 1.82) is 0 Å². The highest BCUT2D eigenvalue weighted by atomic mass is 33.1. The Kier molecular flexibility index (Phi) is 24.1. The minimum atomic E-state index is -1.77. The first kappa shape index (κ1) is 58.0. The molecule has 0 spiro atoms. The van der Waals surface area contributed by atoms with Gasteiger partial charge in [0.1, 0.15) is 48.0 Å². The maximum atomic E-state index is 14.2. The van der Waals surface area contributed by atoms with Crippen molar-refractivity contribution < 1.29 is 57.8 Å². The zero-order valence-corrected chi connectivity index (χ0v) is 40.6. The molecule has 26 heteroatoms. The van der Waals surface area contributed by atoms with Crippen LogP contribution in [0.3, 0.4) is 0 Å². The number of rotatable bonds is 18. The van der Waals surface area contributed by atoms with Crippen molar-refractivity contribution in [3.8, 4) is 5.75 Å². The predicted molar refractivity (Wildman–Crippen MR) is 252 cm³/mol. The van der Waals surface area contributed by atoms with Gasteiger partial charge >= 0.3 is 0 Å². The third-order valence-corrected chi connectivity index (χ3v) is 13.2. The van der Waals surface area contributed by atoms with E-state index in [1.54, 1.807) is 27.7 Å². The van der Waals surface area contributed by atoms with Crippen LogP contribution in [0, 0.1) is 11.8 Å². The quantitative estimate of drug-likeness (QED) is 0.0629. The second-order valence-electron chi connectivity index (χ2n) is 16.8. The number of hydrogen-bond donors (Lipinski definition) is 12. The van der Waals surface area contributed by atoms with Crippen molar-refractivity contribution in [2.24, 2.45) is 34.8 Å². The Labute approximate surface area is 402 Å². The van der Waals surface area contributed by atoms with Gasteiger partial charge in [0.15, 0.2) is 0 Å². The van der Waals surface area contributed by atoms with E-state index in [9.17, 15) is 57.8 Å². The average Bonchev–Trinajstić information content (AvgIpc) is 3.27. The fraction of sp³-hybridized carbons (Fsp3) is 0.595. The Morgan fingerprint density at radius 1 is 0.750 bits per heavy atom. The number of benzene rings is 1. The smallest absolute Gasteiger partial charge is 0.246 e. The highest BCUT2D eigenvalue weighted by Gasteiger charge is 2.37. The van der Waals surface area contributed by atoms with Crippen molar-refractivity contribution in [3.05, 3.63) is 29.8 Å². The lowest BCUT2D eigenvalue weighted by molar-refractivity contribution is -0.142. The largest absolute Gasteiger partial charge is 0.508 e. The second-order valence-corrected chi connectivity index (χ2v) is 19.4. The van der Waals surface area contributed by atoms with Gasteiger partial charge in [-0.1, -0.05) is 67.8 Å². The van der Waals surface area contributed by atoms with E-state index in [0.717, 1.165) is 26.5 Å². The monoisotopic (exact) mass is 994 g/mol. The number of nitrogens with one attached hydrogen (secondary N) is 7. The van der Waals surface area contributed by atoms with E-state index >= 15 is 0 Å². The van der Waals surface area contributed by atoms with Gasteiger partial charge in [0.2, 0.25) is 65.0 Å². The summed E-state index contributed by atoms with van der Waals surface area (Å²) < 4.78 is 0. The number of likely N-dealkylation sites (N-methyl/N-ethyl adjacent to an activating group) is 1. The zero-order chi connectivity index (χ0) is 51.4. The lowest BCUT2D eigenvalue weighted by atomic mass is 9.96. The SMILES string of the molecule is CC[C@H](C)[C@@H]1NC(=O)[C@@H](Cc2ccc(O)cc2)NC(=O)[C@H](N)CSSC[C@@H](C(=O)N(C)[C@@H](C)C(=O)N[C@@H](CC(C)C)C(=O)NCC(N)=O)NC(=O)[C@H](CC(N)=O)NC(=O)[C@@H](CCC(N)=O)NC1=O. The Morgan fingerprint density at radius 3 is 1.90 bits per heavy atom. The van der Waals surface area contributed by atoms with Gasteiger partial charge in [-0.05, 0) is 49.3 Å². The summed E-state index contributed by atoms with van der Waals surface area (Å²) in [7, 11) is 3.25. The van der Waals surface area contributed by atoms with Crippen LogP contribution in [0.5, 0.6) is 5.75 Å². The van der Waals surface area contributed by atoms with Gasteiger partial charge in [-0.25, -0.2) is 0 Å². The van der Waals surface area contributed by atoms with Gasteiger partial charge in [0, 0.05) is 31.4 Å². The number of nitrogens with two attached hydrogens (primary N) is 4. The van der Waals surface area contributed by atoms with Gasteiger partial charge in [-0.3, -0.25) is 52.7 Å². The molecule has 1 fully saturated rings. The normalized spacial score (nSPS) is 22.6. The van der Waals surface area contributed by atoms with E-state index in [1.807, 2.05) is 0 Å². The molecule has 0 radical (unpaired) electrons. The summed E-state index contributed by atoms with van der Waals surface area (Å²) in [6, 6.07) is -5.35. The molecule has 0 bridgehead atoms. The summed E-state index contributed by atoms with van der Waals surface area (Å²) >= 11 is 0. The maximum Gasteiger partial charge on any atom is 0.246 e. The van der Waals surface area contributed by atoms with E-state index in [-0.39, 0.29) is 36.0 Å². The van der Waals surface area contributed by atoms with Gasteiger partial charge < -0.3 is 70.2 Å². The van der Waals surface area contributed by atoms with Crippen molar-refractivity contribution >= 4 is 86.6 Å². The molecule has 1 saturated heterocycles. The van der Waals surface area contributed by atoms with Crippen LogP contribution in [0.25, 0.3) is 0 Å². The first-order valence-corrected chi connectivity index (χ1v) is 24.3. The lowest BCUT2D eigenvalue weighted by Crippen LogP contribution is -2.61. The molecule has 1 aromatic rings. The van der Waals surface area contributed by atoms with Crippen LogP contribution in [0.2, 0.25) is 0 Å². The lowest BCUT2D eigenvalue weighted by Gasteiger charge is -2.31. The number of phenols is 1. The third kappa shape index (κ3) is 19.6. The van der Waals surface area contributed by atoms with Gasteiger partial charge in [0.05, 0.1) is 19.0 Å². The van der Waals surface area contributed by atoms with Crippen molar-refractivity contribution in [1.82, 2.24) is 42.1 Å². The molecule has 1 aliphatic heterocycles. The minimum Gasteiger partial charge on any atom is -0.508 e. The Morgan fingerprint density at radius 2 is 1.32 bits per heavy atom. The van der Waals surface area contributed by atoms with Crippen LogP contribution in [-0.2, 0) is 59.2 Å². The molecule has 0 aromatic heterocycles. The molecule has 16 N–H and O–H groups in total. The molecule has 0 saturated carbocycles. The van der Waals surface area contributed by atoms with E-state index < -0.39 is 145 Å². The first-order chi connectivity index (χ1) is 31.8. The molecule has 1 heterocycles. The first-order valence-electron chi connectivity index (χ1n) is 21.8. The molecular weight excluding hydrogens is 929 g/mol. The maximum absolute atomic E-state index is 14.2. The highest BCUT2D eigenvalue weighted by molar-refractivity contribution is 8.76. The summed E-state index contributed by atoms with van der Waals surface area (Å²) in [4.78, 5) is 147. The summed E-state index contributed by atoms with van der Waals surface area (Å²) in [5, 5.41) is 27.4. The molecule has 1 aliphatic rings. The molecule has 2 rings (SSSR count). The Bertz CT molecular complexity index is 1990. The topological polar surface area (TPSA) is 400 Å². The molecule has 0 aliphatic carbocycles. The number of carbonyl (C=O) groups excluding carboxylic acids is 11. The second kappa shape index (κ2) is 28.2. The number of aromatic hydroxyl groups is 1. The fourth-order valence-corrected chi connectivity index (χ4v) is 8.75. The van der Waals surface area contributed by atoms with Crippen LogP contribution < -0.4 is 60.2 Å². The van der Waals surface area contributed by atoms with E-state index in [1.165, 1.54) is 38.2 Å². The molecule has 1 aromatic carbocycles. The number of carbonyl (C=O) groups is 11. The summed E-state index contributed by atoms with van der Waals surface area (Å²) in [5.74, 6) is -10.8. The number of nitrogens with zero attached hydrogens (tertiary/aromatic N) is 1. The number of primary amides is 3. The fourth-order valence-electron chi connectivity index (χ4n) is 6.48. The predicted octanol–water partition coefficient (Wildman–Crippen LogP) is -3.75. The molecule has 378 valence electrons. The van der Waals surface area contributed by atoms with Gasteiger partial charge in [-0.15, -0.1) is 0 Å². The molecule has 68 heavy (non-hydrogen) atoms. The zero-order valence-electron chi connectivity index (χ0n) is 39.0. The third-order valence-electron chi connectivity index (χ3n) is 10.8. The van der Waals surface area contributed by atoms with Crippen LogP contribution in [0.1, 0.15) is 72.3 Å². The molecule has 9 atom stereocenters. The van der Waals surface area contributed by atoms with Crippen LogP contribution >= 0.6 is 21.6 Å². The van der Waals surface area contributed by atoms with Gasteiger partial charge in [-0.2, -0.15) is 0 Å². The number of amides is 11. The summed E-state index contributed by atoms with van der Waals surface area (Å²) in [6.07, 6.45) is -1.27. The average molecular weight is 995 g/mol. The summed E-state index contributed by atoms with van der Waals surface area (Å²) in [5.41, 5.74) is 22.8.